The summed E-state index contributed by atoms with van der Waals surface area (Å²) >= 11 is 0. The summed E-state index contributed by atoms with van der Waals surface area (Å²) in [4.78, 5) is 20.2. The van der Waals surface area contributed by atoms with Gasteiger partial charge < -0.3 is 16.5 Å². The van der Waals surface area contributed by atoms with Gasteiger partial charge in [0.15, 0.2) is 5.84 Å². The Morgan fingerprint density at radius 1 is 1.13 bits per heavy atom. The Hall–Kier alpha value is -3.35. The van der Waals surface area contributed by atoms with E-state index in [4.69, 9.17) is 16.6 Å². The van der Waals surface area contributed by atoms with Crippen molar-refractivity contribution < 1.29 is 0 Å². The fourth-order valence-electron chi connectivity index (χ4n) is 4.32. The van der Waals surface area contributed by atoms with Crippen molar-refractivity contribution in [3.05, 3.63) is 70.3 Å². The fraction of sp³-hybridized carbons (Fsp3) is 0.348. The quantitative estimate of drug-likeness (QED) is 0.294. The van der Waals surface area contributed by atoms with Gasteiger partial charge in [-0.25, -0.2) is 4.98 Å². The zero-order valence-electron chi connectivity index (χ0n) is 17.3. The van der Waals surface area contributed by atoms with Crippen molar-refractivity contribution in [3.63, 3.8) is 0 Å². The number of rotatable bonds is 5. The van der Waals surface area contributed by atoms with Gasteiger partial charge in [-0.05, 0) is 43.0 Å². The fourth-order valence-corrected chi connectivity index (χ4v) is 4.32. The highest BCUT2D eigenvalue weighted by molar-refractivity contribution is 6.02. The van der Waals surface area contributed by atoms with Crippen LogP contribution in [0.4, 0.5) is 5.69 Å². The Labute approximate surface area is 176 Å². The van der Waals surface area contributed by atoms with E-state index in [1.54, 1.807) is 0 Å². The van der Waals surface area contributed by atoms with E-state index in [1.165, 1.54) is 0 Å². The Morgan fingerprint density at radius 2 is 1.83 bits per heavy atom. The molecule has 0 atom stereocenters. The molecule has 0 radical (unpaired) electrons. The monoisotopic (exact) mass is 404 g/mol. The van der Waals surface area contributed by atoms with Gasteiger partial charge in [0.05, 0.1) is 10.9 Å². The van der Waals surface area contributed by atoms with Crippen molar-refractivity contribution in [2.45, 2.75) is 32.7 Å². The molecule has 4 rings (SSSR count). The van der Waals surface area contributed by atoms with Crippen LogP contribution in [0, 0.1) is 5.92 Å². The molecule has 1 saturated heterocycles. The van der Waals surface area contributed by atoms with Gasteiger partial charge in [-0.2, -0.15) is 5.10 Å². The van der Waals surface area contributed by atoms with E-state index in [1.807, 2.05) is 47.0 Å². The van der Waals surface area contributed by atoms with Crippen LogP contribution in [0.25, 0.3) is 10.9 Å². The van der Waals surface area contributed by atoms with Gasteiger partial charge in [0.1, 0.15) is 5.82 Å². The van der Waals surface area contributed by atoms with Crippen LogP contribution >= 0.6 is 0 Å². The predicted octanol–water partition coefficient (Wildman–Crippen LogP) is 2.45. The molecule has 2 aromatic carbocycles. The van der Waals surface area contributed by atoms with Crippen molar-refractivity contribution in [2.24, 2.45) is 22.6 Å². The van der Waals surface area contributed by atoms with E-state index in [2.05, 4.69) is 23.0 Å². The number of nitrogens with two attached hydrogens (primary N) is 2. The Kier molecular flexibility index (Phi) is 5.70. The summed E-state index contributed by atoms with van der Waals surface area (Å²) < 4.78 is 1.88. The maximum Gasteiger partial charge on any atom is 0.261 e. The van der Waals surface area contributed by atoms with E-state index in [0.717, 1.165) is 54.9 Å². The van der Waals surface area contributed by atoms with Crippen LogP contribution < -0.4 is 22.0 Å². The number of para-hydroxylation sites is 2. The maximum atomic E-state index is 13.1. The number of hydrogen-bond acceptors (Lipinski definition) is 5. The first kappa shape index (κ1) is 19.9. The zero-order chi connectivity index (χ0) is 21.1. The second kappa shape index (κ2) is 8.57. The summed E-state index contributed by atoms with van der Waals surface area (Å²) in [6, 6.07) is 15.5. The average molecular weight is 405 g/mol. The van der Waals surface area contributed by atoms with E-state index >= 15 is 0 Å². The Morgan fingerprint density at radius 3 is 2.57 bits per heavy atom. The molecule has 30 heavy (non-hydrogen) atoms. The minimum Gasteiger partial charge on any atom is -0.382 e. The molecular formula is C23H28N6O. The van der Waals surface area contributed by atoms with Crippen LogP contribution in [0.1, 0.15) is 31.2 Å². The third kappa shape index (κ3) is 3.75. The second-order valence-corrected chi connectivity index (χ2v) is 7.78. The Bertz CT molecular complexity index is 1130. The van der Waals surface area contributed by atoms with Gasteiger partial charge in [-0.1, -0.05) is 31.2 Å². The summed E-state index contributed by atoms with van der Waals surface area (Å²) in [6.07, 6.45) is 2.73. The minimum atomic E-state index is 0.0668. The van der Waals surface area contributed by atoms with E-state index in [-0.39, 0.29) is 5.56 Å². The first-order valence-electron chi connectivity index (χ1n) is 10.5. The summed E-state index contributed by atoms with van der Waals surface area (Å²) in [7, 11) is 0. The number of aryl methyl sites for hydroxylation is 1. The predicted molar refractivity (Wildman–Crippen MR) is 122 cm³/mol. The SMILES string of the molecule is CCc1nc2ccccc2c(=O)n1CC1CCN(c2ccccc2/C(N)=N/N)CC1. The molecule has 7 heteroatoms. The lowest BCUT2D eigenvalue weighted by atomic mass is 9.95. The number of benzene rings is 2. The van der Waals surface area contributed by atoms with Gasteiger partial charge in [0.25, 0.3) is 5.56 Å². The topological polar surface area (TPSA) is 103 Å². The van der Waals surface area contributed by atoms with Crippen molar-refractivity contribution in [1.29, 1.82) is 0 Å². The molecule has 1 fully saturated rings. The van der Waals surface area contributed by atoms with Crippen molar-refractivity contribution in [3.8, 4) is 0 Å². The van der Waals surface area contributed by atoms with Gasteiger partial charge >= 0.3 is 0 Å². The lowest BCUT2D eigenvalue weighted by Crippen LogP contribution is -2.38. The molecule has 0 aliphatic carbocycles. The van der Waals surface area contributed by atoms with Gasteiger partial charge in [0, 0.05) is 37.3 Å². The molecule has 156 valence electrons. The molecule has 0 amide bonds. The van der Waals surface area contributed by atoms with Crippen LogP contribution in [0.5, 0.6) is 0 Å². The summed E-state index contributed by atoms with van der Waals surface area (Å²) in [5.74, 6) is 7.03. The lowest BCUT2D eigenvalue weighted by molar-refractivity contribution is 0.347. The highest BCUT2D eigenvalue weighted by Gasteiger charge is 2.23. The molecule has 0 spiro atoms. The van der Waals surface area contributed by atoms with Crippen LogP contribution in [-0.4, -0.2) is 28.5 Å². The summed E-state index contributed by atoms with van der Waals surface area (Å²) in [6.45, 7) is 4.56. The zero-order valence-corrected chi connectivity index (χ0v) is 17.3. The maximum absolute atomic E-state index is 13.1. The smallest absolute Gasteiger partial charge is 0.261 e. The first-order chi connectivity index (χ1) is 14.6. The number of anilines is 1. The van der Waals surface area contributed by atoms with Gasteiger partial charge in [-0.3, -0.25) is 9.36 Å². The molecule has 3 aromatic rings. The third-order valence-electron chi connectivity index (χ3n) is 5.97. The van der Waals surface area contributed by atoms with Gasteiger partial charge in [0.2, 0.25) is 0 Å². The molecule has 0 unspecified atom stereocenters. The van der Waals surface area contributed by atoms with E-state index in [9.17, 15) is 4.79 Å². The molecule has 7 nitrogen and oxygen atoms in total. The molecule has 0 saturated carbocycles. The lowest BCUT2D eigenvalue weighted by Gasteiger charge is -2.35. The number of aromatic nitrogens is 2. The highest BCUT2D eigenvalue weighted by Crippen LogP contribution is 2.27. The number of fused-ring (bicyclic) bond motifs is 1. The Balaban J connectivity index is 1.53. The molecular weight excluding hydrogens is 376 g/mol. The second-order valence-electron chi connectivity index (χ2n) is 7.78. The van der Waals surface area contributed by atoms with E-state index < -0.39 is 0 Å². The average Bonchev–Trinajstić information content (AvgIpc) is 2.80. The minimum absolute atomic E-state index is 0.0668. The van der Waals surface area contributed by atoms with E-state index in [0.29, 0.717) is 23.7 Å². The number of nitrogens with zero attached hydrogens (tertiary/aromatic N) is 4. The summed E-state index contributed by atoms with van der Waals surface area (Å²) in [5, 5.41) is 4.35. The highest BCUT2D eigenvalue weighted by atomic mass is 16.1. The summed E-state index contributed by atoms with van der Waals surface area (Å²) in [5.41, 5.74) is 8.74. The number of amidine groups is 1. The van der Waals surface area contributed by atoms with Crippen LogP contribution in [0.3, 0.4) is 0 Å². The molecule has 1 aliphatic rings. The molecule has 0 bridgehead atoms. The van der Waals surface area contributed by atoms with Crippen molar-refractivity contribution >= 4 is 22.4 Å². The number of piperidine rings is 1. The first-order valence-corrected chi connectivity index (χ1v) is 10.5. The standard InChI is InChI=1S/C23H28N6O/c1-2-21-26-19-9-5-3-7-17(19)23(30)29(21)15-16-11-13-28(14-12-16)20-10-6-4-8-18(20)22(24)27-25/h3-10,16H,2,11-15,25H2,1H3,(H2,24,27). The van der Waals surface area contributed by atoms with Crippen LogP contribution in [-0.2, 0) is 13.0 Å². The normalized spacial score (nSPS) is 15.6. The van der Waals surface area contributed by atoms with Crippen molar-refractivity contribution in [2.75, 3.05) is 18.0 Å². The molecule has 2 heterocycles. The molecule has 4 N–H and O–H groups in total. The van der Waals surface area contributed by atoms with Crippen LogP contribution in [0.15, 0.2) is 58.4 Å². The molecule has 1 aromatic heterocycles. The van der Waals surface area contributed by atoms with Crippen molar-refractivity contribution in [1.82, 2.24) is 9.55 Å². The third-order valence-corrected chi connectivity index (χ3v) is 5.97. The largest absolute Gasteiger partial charge is 0.382 e. The van der Waals surface area contributed by atoms with Crippen LogP contribution in [0.2, 0.25) is 0 Å². The number of hydrogen-bond donors (Lipinski definition) is 2. The van der Waals surface area contributed by atoms with Gasteiger partial charge in [-0.15, -0.1) is 0 Å². The number of hydrazone groups is 1. The molecule has 1 aliphatic heterocycles.